The summed E-state index contributed by atoms with van der Waals surface area (Å²) in [6.45, 7) is 2.09. The molecule has 6 heteroatoms. The lowest BCUT2D eigenvalue weighted by Gasteiger charge is -2.08. The average molecular weight is 399 g/mol. The number of para-hydroxylation sites is 1. The van der Waals surface area contributed by atoms with Crippen LogP contribution in [-0.4, -0.2) is 18.0 Å². The van der Waals surface area contributed by atoms with Crippen molar-refractivity contribution in [3.63, 3.8) is 0 Å². The molecule has 0 spiro atoms. The Labute approximate surface area is 173 Å². The van der Waals surface area contributed by atoms with Gasteiger partial charge in [0.05, 0.1) is 12.8 Å². The number of anilines is 1. The highest BCUT2D eigenvalue weighted by molar-refractivity contribution is 6.05. The molecule has 6 nitrogen and oxygen atoms in total. The van der Waals surface area contributed by atoms with Gasteiger partial charge in [0, 0.05) is 11.6 Å². The number of nitrogens with one attached hydrogen (secondary N) is 1. The van der Waals surface area contributed by atoms with Crippen LogP contribution in [0, 0.1) is 0 Å². The largest absolute Gasteiger partial charge is 0.493 e. The van der Waals surface area contributed by atoms with Gasteiger partial charge in [0.1, 0.15) is 11.4 Å². The fraction of sp³-hybridized carbons (Fsp3) is 0.125. The smallest absolute Gasteiger partial charge is 0.262 e. The Morgan fingerprint density at radius 2 is 1.93 bits per heavy atom. The van der Waals surface area contributed by atoms with Crippen LogP contribution in [0.5, 0.6) is 5.75 Å². The number of hydrogen-bond donors (Lipinski definition) is 1. The highest BCUT2D eigenvalue weighted by Crippen LogP contribution is 2.25. The molecule has 0 aliphatic carbocycles. The van der Waals surface area contributed by atoms with Crippen LogP contribution in [0.25, 0.3) is 11.0 Å². The van der Waals surface area contributed by atoms with Gasteiger partial charge in [-0.05, 0) is 48.4 Å². The molecule has 1 amide bonds. The second-order valence-corrected chi connectivity index (χ2v) is 6.64. The number of pyridine rings is 1. The lowest BCUT2D eigenvalue weighted by Crippen LogP contribution is -2.22. The molecule has 0 saturated carbocycles. The molecule has 0 saturated heterocycles. The lowest BCUT2D eigenvalue weighted by molar-refractivity contribution is 0.102. The van der Waals surface area contributed by atoms with Gasteiger partial charge in [-0.15, -0.1) is 0 Å². The quantitative estimate of drug-likeness (QED) is 0.519. The second kappa shape index (κ2) is 8.61. The summed E-state index contributed by atoms with van der Waals surface area (Å²) < 4.78 is 11.5. The van der Waals surface area contributed by atoms with Crippen molar-refractivity contribution < 1.29 is 13.9 Å². The van der Waals surface area contributed by atoms with E-state index in [1.165, 1.54) is 5.56 Å². The standard InChI is InChI=1S/C24H21N3O3/c1-3-16-10-12-18(13-11-16)26-24-19(23(28)27-21-9-4-5-14-25-21)15-17-7-6-8-20(29-2)22(17)30-24/h4-15H,3H2,1-2H3,(H,25,27,28). The number of carbonyl (C=O) groups is 1. The van der Waals surface area contributed by atoms with Crippen LogP contribution >= 0.6 is 0 Å². The van der Waals surface area contributed by atoms with Crippen molar-refractivity contribution in [1.29, 1.82) is 0 Å². The van der Waals surface area contributed by atoms with E-state index in [-0.39, 0.29) is 11.5 Å². The van der Waals surface area contributed by atoms with Crippen LogP contribution in [0.15, 0.2) is 82.3 Å². The van der Waals surface area contributed by atoms with Crippen LogP contribution < -0.4 is 15.6 Å². The summed E-state index contributed by atoms with van der Waals surface area (Å²) in [5.74, 6) is 0.666. The van der Waals surface area contributed by atoms with Gasteiger partial charge in [0.2, 0.25) is 5.55 Å². The number of nitrogens with zero attached hydrogens (tertiary/aromatic N) is 2. The molecule has 0 unspecified atom stereocenters. The molecule has 2 heterocycles. The van der Waals surface area contributed by atoms with Gasteiger partial charge in [-0.3, -0.25) is 4.79 Å². The monoisotopic (exact) mass is 399 g/mol. The predicted molar refractivity (Wildman–Crippen MR) is 116 cm³/mol. The molecule has 2 aromatic heterocycles. The first-order chi connectivity index (χ1) is 14.7. The molecule has 0 atom stereocenters. The zero-order valence-corrected chi connectivity index (χ0v) is 16.8. The molecule has 0 fully saturated rings. The Kier molecular flexibility index (Phi) is 5.57. The highest BCUT2D eigenvalue weighted by atomic mass is 16.5. The summed E-state index contributed by atoms with van der Waals surface area (Å²) in [5, 5.41) is 3.53. The summed E-state index contributed by atoms with van der Waals surface area (Å²) in [4.78, 5) is 21.8. The Hall–Kier alpha value is -3.93. The van der Waals surface area contributed by atoms with Crippen LogP contribution in [0.1, 0.15) is 22.8 Å². The molecule has 30 heavy (non-hydrogen) atoms. The number of carbonyl (C=O) groups excluding carboxylic acids is 1. The van der Waals surface area contributed by atoms with Gasteiger partial charge in [-0.2, -0.15) is 0 Å². The van der Waals surface area contributed by atoms with E-state index in [1.54, 1.807) is 43.6 Å². The van der Waals surface area contributed by atoms with Gasteiger partial charge in [0.15, 0.2) is 11.3 Å². The SMILES string of the molecule is CCc1ccc(N=c2oc3c(OC)cccc3cc2C(=O)Nc2ccccn2)cc1. The Morgan fingerprint density at radius 1 is 1.10 bits per heavy atom. The highest BCUT2D eigenvalue weighted by Gasteiger charge is 2.15. The Balaban J connectivity index is 1.87. The third-order valence-corrected chi connectivity index (χ3v) is 4.68. The molecule has 4 aromatic rings. The summed E-state index contributed by atoms with van der Waals surface area (Å²) in [6, 6.07) is 20.4. The van der Waals surface area contributed by atoms with Gasteiger partial charge < -0.3 is 14.5 Å². The number of rotatable bonds is 5. The van der Waals surface area contributed by atoms with E-state index in [0.717, 1.165) is 11.8 Å². The molecule has 1 N–H and O–H groups in total. The zero-order chi connectivity index (χ0) is 20.9. The van der Waals surface area contributed by atoms with Crippen LogP contribution in [0.2, 0.25) is 0 Å². The first kappa shape index (κ1) is 19.4. The van der Waals surface area contributed by atoms with Crippen molar-refractivity contribution in [3.05, 3.63) is 89.6 Å². The maximum Gasteiger partial charge on any atom is 0.262 e. The van der Waals surface area contributed by atoms with Crippen molar-refractivity contribution in [2.45, 2.75) is 13.3 Å². The summed E-state index contributed by atoms with van der Waals surface area (Å²) >= 11 is 0. The molecule has 2 aromatic carbocycles. The van der Waals surface area contributed by atoms with Crippen molar-refractivity contribution in [2.75, 3.05) is 12.4 Å². The molecule has 0 bridgehead atoms. The van der Waals surface area contributed by atoms with E-state index in [2.05, 4.69) is 22.2 Å². The Morgan fingerprint density at radius 3 is 2.63 bits per heavy atom. The molecular weight excluding hydrogens is 378 g/mol. The number of aryl methyl sites for hydroxylation is 1. The normalized spacial score (nSPS) is 11.5. The minimum atomic E-state index is -0.355. The van der Waals surface area contributed by atoms with Crippen molar-refractivity contribution >= 4 is 28.4 Å². The molecule has 0 aliphatic heterocycles. The van der Waals surface area contributed by atoms with Gasteiger partial charge in [0.25, 0.3) is 5.91 Å². The second-order valence-electron chi connectivity index (χ2n) is 6.64. The molecule has 4 rings (SSSR count). The molecule has 0 radical (unpaired) electrons. The fourth-order valence-corrected chi connectivity index (χ4v) is 3.07. The summed E-state index contributed by atoms with van der Waals surface area (Å²) in [6.07, 6.45) is 2.56. The maximum absolute atomic E-state index is 13.0. The summed E-state index contributed by atoms with van der Waals surface area (Å²) in [5.41, 5.74) is 2.93. The number of aromatic nitrogens is 1. The van der Waals surface area contributed by atoms with Crippen LogP contribution in [0.4, 0.5) is 11.5 Å². The minimum Gasteiger partial charge on any atom is -0.493 e. The topological polar surface area (TPSA) is 76.7 Å². The van der Waals surface area contributed by atoms with E-state index in [4.69, 9.17) is 9.15 Å². The van der Waals surface area contributed by atoms with E-state index in [1.807, 2.05) is 36.4 Å². The number of amides is 1. The first-order valence-corrected chi connectivity index (χ1v) is 9.65. The van der Waals surface area contributed by atoms with E-state index in [0.29, 0.717) is 28.4 Å². The van der Waals surface area contributed by atoms with E-state index < -0.39 is 0 Å². The Bertz CT molecular complexity index is 1250. The fourth-order valence-electron chi connectivity index (χ4n) is 3.07. The number of fused-ring (bicyclic) bond motifs is 1. The zero-order valence-electron chi connectivity index (χ0n) is 16.8. The van der Waals surface area contributed by atoms with Crippen molar-refractivity contribution in [3.8, 4) is 5.75 Å². The van der Waals surface area contributed by atoms with E-state index in [9.17, 15) is 4.79 Å². The third kappa shape index (κ3) is 4.07. The van der Waals surface area contributed by atoms with Gasteiger partial charge in [-0.1, -0.05) is 37.3 Å². The third-order valence-electron chi connectivity index (χ3n) is 4.68. The average Bonchev–Trinajstić information content (AvgIpc) is 2.79. The van der Waals surface area contributed by atoms with E-state index >= 15 is 0 Å². The number of methoxy groups -OCH3 is 1. The minimum absolute atomic E-state index is 0.199. The maximum atomic E-state index is 13.0. The molecule has 150 valence electrons. The lowest BCUT2D eigenvalue weighted by atomic mass is 10.1. The number of benzene rings is 2. The first-order valence-electron chi connectivity index (χ1n) is 9.65. The van der Waals surface area contributed by atoms with Crippen LogP contribution in [0.3, 0.4) is 0 Å². The predicted octanol–water partition coefficient (Wildman–Crippen LogP) is 4.88. The number of ether oxygens (including phenoxy) is 1. The summed E-state index contributed by atoms with van der Waals surface area (Å²) in [7, 11) is 1.58. The molecular formula is C24H21N3O3. The van der Waals surface area contributed by atoms with Crippen LogP contribution in [-0.2, 0) is 6.42 Å². The number of hydrogen-bond acceptors (Lipinski definition) is 5. The molecule has 0 aliphatic rings. The van der Waals surface area contributed by atoms with Crippen molar-refractivity contribution in [1.82, 2.24) is 4.98 Å². The van der Waals surface area contributed by atoms with Crippen molar-refractivity contribution in [2.24, 2.45) is 4.99 Å². The van der Waals surface area contributed by atoms with Gasteiger partial charge in [-0.25, -0.2) is 9.98 Å². The van der Waals surface area contributed by atoms with Gasteiger partial charge >= 0.3 is 0 Å².